The number of carbonyl (C=O) groups excluding carboxylic acids is 1. The van der Waals surface area contributed by atoms with Crippen LogP contribution in [0.25, 0.3) is 6.08 Å². The van der Waals surface area contributed by atoms with Crippen LogP contribution < -0.4 is 5.32 Å². The average Bonchev–Trinajstić information content (AvgIpc) is 2.65. The van der Waals surface area contributed by atoms with Crippen molar-refractivity contribution in [2.45, 2.75) is 51.5 Å². The van der Waals surface area contributed by atoms with E-state index in [1.54, 1.807) is 7.11 Å². The number of ether oxygens (including phenoxy) is 1. The second-order valence-corrected chi connectivity index (χ2v) is 7.98. The van der Waals surface area contributed by atoms with Crippen molar-refractivity contribution in [1.29, 1.82) is 0 Å². The van der Waals surface area contributed by atoms with E-state index in [1.165, 1.54) is 56.3 Å². The molecule has 148 valence electrons. The summed E-state index contributed by atoms with van der Waals surface area (Å²) in [4.78, 5) is 15.0. The minimum absolute atomic E-state index is 0.00226. The van der Waals surface area contributed by atoms with Crippen molar-refractivity contribution in [1.82, 2.24) is 10.2 Å². The van der Waals surface area contributed by atoms with E-state index in [9.17, 15) is 4.79 Å². The third-order valence-corrected chi connectivity index (χ3v) is 6.11. The molecule has 1 aliphatic heterocycles. The molecule has 1 aromatic rings. The van der Waals surface area contributed by atoms with E-state index in [2.05, 4.69) is 35.3 Å². The van der Waals surface area contributed by atoms with Crippen molar-refractivity contribution >= 4 is 12.0 Å². The number of nitrogens with one attached hydrogen (secondary N) is 1. The van der Waals surface area contributed by atoms with Gasteiger partial charge in [-0.1, -0.05) is 37.1 Å². The molecule has 4 heteroatoms. The van der Waals surface area contributed by atoms with Gasteiger partial charge in [0.15, 0.2) is 0 Å². The summed E-state index contributed by atoms with van der Waals surface area (Å²) < 4.78 is 5.19. The van der Waals surface area contributed by atoms with Gasteiger partial charge in [-0.3, -0.25) is 9.69 Å². The van der Waals surface area contributed by atoms with Crippen LogP contribution in [0.3, 0.4) is 0 Å². The van der Waals surface area contributed by atoms with Gasteiger partial charge < -0.3 is 10.1 Å². The number of carbonyl (C=O) groups is 1. The summed E-state index contributed by atoms with van der Waals surface area (Å²) in [5.74, 6) is 0.367. The standard InChI is InChI=1S/C23H34N2O2/c1-3-18(17-27-2)16-24-23(26)21-9-7-19(8-10-21)15-20-11-13-25(14-12-20)22-5-4-6-22/h7-10,15,18,22H,3-6,11-14,16-17H2,1-2H3,(H,24,26). The van der Waals surface area contributed by atoms with Gasteiger partial charge in [0.05, 0.1) is 6.61 Å². The van der Waals surface area contributed by atoms with Gasteiger partial charge in [0, 0.05) is 38.3 Å². The van der Waals surface area contributed by atoms with E-state index in [1.807, 2.05) is 12.1 Å². The van der Waals surface area contributed by atoms with Crippen molar-refractivity contribution in [2.24, 2.45) is 5.92 Å². The third-order valence-electron chi connectivity index (χ3n) is 6.11. The van der Waals surface area contributed by atoms with Crippen LogP contribution in [0.5, 0.6) is 0 Å². The highest BCUT2D eigenvalue weighted by atomic mass is 16.5. The fourth-order valence-corrected chi connectivity index (χ4v) is 3.93. The third kappa shape index (κ3) is 5.66. The van der Waals surface area contributed by atoms with Gasteiger partial charge in [0.1, 0.15) is 0 Å². The zero-order chi connectivity index (χ0) is 19.1. The SMILES string of the molecule is CCC(CNC(=O)c1ccc(C=C2CCN(C3CCC3)CC2)cc1)COC. The molecule has 1 saturated carbocycles. The van der Waals surface area contributed by atoms with E-state index in [0.29, 0.717) is 19.1 Å². The molecule has 3 rings (SSSR count). The first-order valence-electron chi connectivity index (χ1n) is 10.5. The summed E-state index contributed by atoms with van der Waals surface area (Å²) in [6.45, 7) is 5.87. The van der Waals surface area contributed by atoms with Crippen LogP contribution in [0.2, 0.25) is 0 Å². The van der Waals surface area contributed by atoms with Crippen LogP contribution in [-0.2, 0) is 4.74 Å². The van der Waals surface area contributed by atoms with Crippen LogP contribution in [-0.4, -0.2) is 50.2 Å². The molecule has 0 bridgehead atoms. The normalized spacial score (nSPS) is 19.4. The maximum absolute atomic E-state index is 12.3. The quantitative estimate of drug-likeness (QED) is 0.748. The molecular formula is C23H34N2O2. The second-order valence-electron chi connectivity index (χ2n) is 7.98. The monoisotopic (exact) mass is 370 g/mol. The molecule has 1 saturated heterocycles. The number of piperidine rings is 1. The Morgan fingerprint density at radius 2 is 1.96 bits per heavy atom. The Morgan fingerprint density at radius 3 is 2.52 bits per heavy atom. The Kier molecular flexibility index (Phi) is 7.48. The zero-order valence-electron chi connectivity index (χ0n) is 16.9. The van der Waals surface area contributed by atoms with Gasteiger partial charge in [0.2, 0.25) is 0 Å². The van der Waals surface area contributed by atoms with E-state index in [0.717, 1.165) is 18.0 Å². The lowest BCUT2D eigenvalue weighted by molar-refractivity contribution is 0.0928. The highest BCUT2D eigenvalue weighted by Crippen LogP contribution is 2.29. The molecule has 0 spiro atoms. The molecular weight excluding hydrogens is 336 g/mol. The van der Waals surface area contributed by atoms with Gasteiger partial charge in [-0.25, -0.2) is 0 Å². The molecule has 27 heavy (non-hydrogen) atoms. The predicted octanol–water partition coefficient (Wildman–Crippen LogP) is 4.12. The fourth-order valence-electron chi connectivity index (χ4n) is 3.93. The van der Waals surface area contributed by atoms with Gasteiger partial charge >= 0.3 is 0 Å². The summed E-state index contributed by atoms with van der Waals surface area (Å²) >= 11 is 0. The van der Waals surface area contributed by atoms with Crippen LogP contribution in [0.15, 0.2) is 29.8 Å². The Morgan fingerprint density at radius 1 is 1.26 bits per heavy atom. The minimum Gasteiger partial charge on any atom is -0.384 e. The molecule has 1 unspecified atom stereocenters. The Labute approximate surface area is 164 Å². The van der Waals surface area contributed by atoms with Gasteiger partial charge in [-0.15, -0.1) is 0 Å². The molecule has 0 aromatic heterocycles. The molecule has 2 aliphatic rings. The molecule has 1 N–H and O–H groups in total. The number of hydrogen-bond donors (Lipinski definition) is 1. The lowest BCUT2D eigenvalue weighted by Gasteiger charge is -2.40. The summed E-state index contributed by atoms with van der Waals surface area (Å²) in [6.07, 6.45) is 9.87. The second kappa shape index (κ2) is 10.0. The maximum atomic E-state index is 12.3. The lowest BCUT2D eigenvalue weighted by atomic mass is 9.89. The first-order chi connectivity index (χ1) is 13.2. The van der Waals surface area contributed by atoms with Crippen LogP contribution in [0.1, 0.15) is 61.4 Å². The van der Waals surface area contributed by atoms with Crippen molar-refractivity contribution in [3.8, 4) is 0 Å². The topological polar surface area (TPSA) is 41.6 Å². The molecule has 2 fully saturated rings. The summed E-state index contributed by atoms with van der Waals surface area (Å²) in [6, 6.07) is 8.85. The molecule has 1 aliphatic carbocycles. The van der Waals surface area contributed by atoms with E-state index in [4.69, 9.17) is 4.74 Å². The number of methoxy groups -OCH3 is 1. The predicted molar refractivity (Wildman–Crippen MR) is 111 cm³/mol. The van der Waals surface area contributed by atoms with E-state index >= 15 is 0 Å². The van der Waals surface area contributed by atoms with Crippen molar-refractivity contribution in [2.75, 3.05) is 33.4 Å². The number of hydrogen-bond acceptors (Lipinski definition) is 3. The highest BCUT2D eigenvalue weighted by molar-refractivity contribution is 5.94. The van der Waals surface area contributed by atoms with Crippen LogP contribution >= 0.6 is 0 Å². The van der Waals surface area contributed by atoms with Gasteiger partial charge in [-0.05, 0) is 55.7 Å². The molecule has 0 radical (unpaired) electrons. The first kappa shape index (κ1) is 20.1. The molecule has 4 nitrogen and oxygen atoms in total. The Balaban J connectivity index is 1.48. The smallest absolute Gasteiger partial charge is 0.251 e. The summed E-state index contributed by atoms with van der Waals surface area (Å²) in [5.41, 5.74) is 3.46. The summed E-state index contributed by atoms with van der Waals surface area (Å²) in [5, 5.41) is 3.02. The lowest BCUT2D eigenvalue weighted by Crippen LogP contribution is -2.43. The number of benzene rings is 1. The van der Waals surface area contributed by atoms with E-state index < -0.39 is 0 Å². The van der Waals surface area contributed by atoms with Gasteiger partial charge in [-0.2, -0.15) is 0 Å². The van der Waals surface area contributed by atoms with Crippen molar-refractivity contribution in [3.63, 3.8) is 0 Å². The maximum Gasteiger partial charge on any atom is 0.251 e. The van der Waals surface area contributed by atoms with Crippen molar-refractivity contribution < 1.29 is 9.53 Å². The Hall–Kier alpha value is -1.65. The number of amides is 1. The van der Waals surface area contributed by atoms with Crippen LogP contribution in [0.4, 0.5) is 0 Å². The van der Waals surface area contributed by atoms with Crippen molar-refractivity contribution in [3.05, 3.63) is 41.0 Å². The molecule has 1 aromatic carbocycles. The fraction of sp³-hybridized carbons (Fsp3) is 0.609. The van der Waals surface area contributed by atoms with E-state index in [-0.39, 0.29) is 5.91 Å². The number of likely N-dealkylation sites (tertiary alicyclic amines) is 1. The average molecular weight is 371 g/mol. The molecule has 1 heterocycles. The molecule has 1 amide bonds. The number of rotatable bonds is 8. The zero-order valence-corrected chi connectivity index (χ0v) is 16.9. The number of nitrogens with zero attached hydrogens (tertiary/aromatic N) is 1. The highest BCUT2D eigenvalue weighted by Gasteiger charge is 2.26. The van der Waals surface area contributed by atoms with Gasteiger partial charge in [0.25, 0.3) is 5.91 Å². The first-order valence-corrected chi connectivity index (χ1v) is 10.5. The minimum atomic E-state index is -0.00226. The van der Waals surface area contributed by atoms with Crippen LogP contribution in [0, 0.1) is 5.92 Å². The summed E-state index contributed by atoms with van der Waals surface area (Å²) in [7, 11) is 1.70. The Bertz CT molecular complexity index is 624. The largest absolute Gasteiger partial charge is 0.384 e. The molecule has 1 atom stereocenters.